The van der Waals surface area contributed by atoms with Gasteiger partial charge < -0.3 is 4.57 Å². The maximum atomic E-state index is 6.41. The number of hydrogen-bond donors (Lipinski definition) is 0. The van der Waals surface area contributed by atoms with Gasteiger partial charge in [0.15, 0.2) is 0 Å². The highest BCUT2D eigenvalue weighted by Crippen LogP contribution is 2.29. The van der Waals surface area contributed by atoms with E-state index >= 15 is 0 Å². The summed E-state index contributed by atoms with van der Waals surface area (Å²) in [5, 5.41) is 0.784. The molecule has 0 aliphatic carbocycles. The molecule has 124 valence electrons. The molecule has 0 bridgehead atoms. The summed E-state index contributed by atoms with van der Waals surface area (Å²) in [6.45, 7) is 4.95. The van der Waals surface area contributed by atoms with Crippen LogP contribution in [0.25, 0.3) is 22.4 Å². The van der Waals surface area contributed by atoms with Gasteiger partial charge >= 0.3 is 0 Å². The Labute approximate surface area is 152 Å². The molecule has 0 N–H and O–H groups in total. The summed E-state index contributed by atoms with van der Waals surface area (Å²) >= 11 is 6.41. The summed E-state index contributed by atoms with van der Waals surface area (Å²) in [6, 6.07) is 22.8. The lowest BCUT2D eigenvalue weighted by Crippen LogP contribution is -2.03. The van der Waals surface area contributed by atoms with Crippen molar-refractivity contribution in [2.75, 3.05) is 0 Å². The Bertz CT molecular complexity index is 1060. The van der Waals surface area contributed by atoms with Crippen LogP contribution in [0.15, 0.2) is 66.7 Å². The van der Waals surface area contributed by atoms with Gasteiger partial charge in [0.25, 0.3) is 0 Å². The minimum atomic E-state index is 0.697. The van der Waals surface area contributed by atoms with Gasteiger partial charge in [-0.3, -0.25) is 0 Å². The van der Waals surface area contributed by atoms with Crippen molar-refractivity contribution in [1.29, 1.82) is 0 Å². The molecule has 0 saturated heterocycles. The topological polar surface area (TPSA) is 17.8 Å². The quantitative estimate of drug-likeness (QED) is 0.443. The van der Waals surface area contributed by atoms with Crippen LogP contribution in [0, 0.1) is 13.8 Å². The van der Waals surface area contributed by atoms with Gasteiger partial charge in [-0.1, -0.05) is 65.7 Å². The Balaban J connectivity index is 1.94. The lowest BCUT2D eigenvalue weighted by molar-refractivity contribution is 0.834. The number of nitrogens with zero attached hydrogens (tertiary/aromatic N) is 2. The number of hydrogen-bond acceptors (Lipinski definition) is 1. The number of rotatable bonds is 3. The fourth-order valence-corrected chi connectivity index (χ4v) is 3.50. The van der Waals surface area contributed by atoms with Gasteiger partial charge in [-0.15, -0.1) is 0 Å². The van der Waals surface area contributed by atoms with Crippen molar-refractivity contribution in [1.82, 2.24) is 9.55 Å². The molecule has 4 aromatic rings. The molecular weight excluding hydrogens is 328 g/mol. The number of halogens is 1. The molecule has 0 radical (unpaired) electrons. The minimum absolute atomic E-state index is 0.697. The predicted molar refractivity (Wildman–Crippen MR) is 105 cm³/mol. The lowest BCUT2D eigenvalue weighted by atomic mass is 10.1. The fourth-order valence-electron chi connectivity index (χ4n) is 3.30. The van der Waals surface area contributed by atoms with Crippen LogP contribution in [0.4, 0.5) is 0 Å². The van der Waals surface area contributed by atoms with E-state index in [0.717, 1.165) is 33.0 Å². The molecule has 0 aliphatic rings. The van der Waals surface area contributed by atoms with E-state index in [4.69, 9.17) is 16.6 Å². The smallest absolute Gasteiger partial charge is 0.141 e. The molecule has 25 heavy (non-hydrogen) atoms. The van der Waals surface area contributed by atoms with Crippen molar-refractivity contribution in [2.24, 2.45) is 0 Å². The fraction of sp³-hybridized carbons (Fsp3) is 0.136. The summed E-state index contributed by atoms with van der Waals surface area (Å²) in [4.78, 5) is 4.92. The number of para-hydroxylation sites is 2. The molecule has 1 aromatic heterocycles. The highest BCUT2D eigenvalue weighted by molar-refractivity contribution is 6.31. The molecule has 0 amide bonds. The molecule has 0 saturated carbocycles. The van der Waals surface area contributed by atoms with Gasteiger partial charge in [0.05, 0.1) is 17.6 Å². The zero-order valence-electron chi connectivity index (χ0n) is 14.3. The second-order valence-electron chi connectivity index (χ2n) is 6.42. The van der Waals surface area contributed by atoms with Crippen LogP contribution in [0.2, 0.25) is 5.02 Å². The van der Waals surface area contributed by atoms with Gasteiger partial charge in [0.1, 0.15) is 5.82 Å². The highest BCUT2D eigenvalue weighted by atomic mass is 35.5. The number of aryl methyl sites for hydroxylation is 2. The third kappa shape index (κ3) is 2.94. The van der Waals surface area contributed by atoms with E-state index in [1.165, 1.54) is 11.1 Å². The average molecular weight is 347 g/mol. The summed E-state index contributed by atoms with van der Waals surface area (Å²) in [6.07, 6.45) is 0. The standard InChI is InChI=1S/C22H19ClN2/c1-15-11-12-18(16(2)13-15)22-24-20-9-5-6-10-21(20)25(22)14-17-7-3-4-8-19(17)23/h3-13H,14H2,1-2H3. The Morgan fingerprint density at radius 1 is 0.920 bits per heavy atom. The molecule has 0 unspecified atom stereocenters. The number of fused-ring (bicyclic) bond motifs is 1. The van der Waals surface area contributed by atoms with E-state index < -0.39 is 0 Å². The summed E-state index contributed by atoms with van der Waals surface area (Å²) in [7, 11) is 0. The zero-order valence-corrected chi connectivity index (χ0v) is 15.1. The molecule has 2 nitrogen and oxygen atoms in total. The first kappa shape index (κ1) is 15.9. The summed E-state index contributed by atoms with van der Waals surface area (Å²) in [5.74, 6) is 0.985. The summed E-state index contributed by atoms with van der Waals surface area (Å²) in [5.41, 5.74) is 6.87. The van der Waals surface area contributed by atoms with Crippen LogP contribution in [-0.4, -0.2) is 9.55 Å². The average Bonchev–Trinajstić information content (AvgIpc) is 2.95. The van der Waals surface area contributed by atoms with E-state index in [2.05, 4.69) is 60.9 Å². The molecule has 4 rings (SSSR count). The van der Waals surface area contributed by atoms with Crippen molar-refractivity contribution in [3.05, 3.63) is 88.4 Å². The lowest BCUT2D eigenvalue weighted by Gasteiger charge is -2.13. The Hall–Kier alpha value is -2.58. The first-order valence-corrected chi connectivity index (χ1v) is 8.77. The minimum Gasteiger partial charge on any atom is -0.319 e. The molecule has 0 fully saturated rings. The predicted octanol–water partition coefficient (Wildman–Crippen LogP) is 6.02. The van der Waals surface area contributed by atoms with E-state index in [9.17, 15) is 0 Å². The van der Waals surface area contributed by atoms with Crippen molar-refractivity contribution in [2.45, 2.75) is 20.4 Å². The molecular formula is C22H19ClN2. The number of benzene rings is 3. The molecule has 3 heteroatoms. The van der Waals surface area contributed by atoms with Crippen LogP contribution in [0.3, 0.4) is 0 Å². The Morgan fingerprint density at radius 2 is 1.68 bits per heavy atom. The molecule has 3 aromatic carbocycles. The van der Waals surface area contributed by atoms with Crippen LogP contribution >= 0.6 is 11.6 Å². The third-order valence-electron chi connectivity index (χ3n) is 4.56. The van der Waals surface area contributed by atoms with E-state index in [1.807, 2.05) is 24.3 Å². The van der Waals surface area contributed by atoms with Gasteiger partial charge in [-0.25, -0.2) is 4.98 Å². The molecule has 0 atom stereocenters. The van der Waals surface area contributed by atoms with Crippen LogP contribution in [-0.2, 0) is 6.54 Å². The summed E-state index contributed by atoms with van der Waals surface area (Å²) < 4.78 is 2.26. The largest absolute Gasteiger partial charge is 0.319 e. The first-order chi connectivity index (χ1) is 12.1. The van der Waals surface area contributed by atoms with Crippen molar-refractivity contribution < 1.29 is 0 Å². The van der Waals surface area contributed by atoms with Crippen molar-refractivity contribution in [3.63, 3.8) is 0 Å². The first-order valence-electron chi connectivity index (χ1n) is 8.40. The van der Waals surface area contributed by atoms with Gasteiger partial charge in [-0.05, 0) is 43.2 Å². The van der Waals surface area contributed by atoms with Crippen LogP contribution in [0.5, 0.6) is 0 Å². The third-order valence-corrected chi connectivity index (χ3v) is 4.93. The SMILES string of the molecule is Cc1ccc(-c2nc3ccccc3n2Cc2ccccc2Cl)c(C)c1. The van der Waals surface area contributed by atoms with E-state index in [-0.39, 0.29) is 0 Å². The van der Waals surface area contributed by atoms with Gasteiger partial charge in [0.2, 0.25) is 0 Å². The van der Waals surface area contributed by atoms with Crippen molar-refractivity contribution >= 4 is 22.6 Å². The van der Waals surface area contributed by atoms with Crippen LogP contribution < -0.4 is 0 Å². The van der Waals surface area contributed by atoms with Gasteiger partial charge in [-0.2, -0.15) is 0 Å². The monoisotopic (exact) mass is 346 g/mol. The van der Waals surface area contributed by atoms with E-state index in [0.29, 0.717) is 6.54 Å². The molecule has 0 spiro atoms. The van der Waals surface area contributed by atoms with Crippen molar-refractivity contribution in [3.8, 4) is 11.4 Å². The maximum absolute atomic E-state index is 6.41. The van der Waals surface area contributed by atoms with Crippen LogP contribution in [0.1, 0.15) is 16.7 Å². The number of aromatic nitrogens is 2. The van der Waals surface area contributed by atoms with E-state index in [1.54, 1.807) is 0 Å². The second-order valence-corrected chi connectivity index (χ2v) is 6.83. The second kappa shape index (κ2) is 6.38. The molecule has 1 heterocycles. The highest BCUT2D eigenvalue weighted by Gasteiger charge is 2.15. The Morgan fingerprint density at radius 3 is 2.48 bits per heavy atom. The maximum Gasteiger partial charge on any atom is 0.141 e. The molecule has 0 aliphatic heterocycles. The van der Waals surface area contributed by atoms with Gasteiger partial charge in [0, 0.05) is 10.6 Å². The Kier molecular flexibility index (Phi) is 4.06. The number of imidazole rings is 1. The normalized spacial score (nSPS) is 11.2. The zero-order chi connectivity index (χ0) is 17.4.